The zero-order chi connectivity index (χ0) is 18.4. The summed E-state index contributed by atoms with van der Waals surface area (Å²) in [5.74, 6) is -3.32. The molecule has 0 fully saturated rings. The highest BCUT2D eigenvalue weighted by Crippen LogP contribution is 2.25. The Morgan fingerprint density at radius 2 is 1.69 bits per heavy atom. The predicted molar refractivity (Wildman–Crippen MR) is 84.3 cm³/mol. The first-order chi connectivity index (χ1) is 12.5. The van der Waals surface area contributed by atoms with Gasteiger partial charge in [0, 0.05) is 12.1 Å². The molecule has 2 aromatic heterocycles. The zero-order valence-corrected chi connectivity index (χ0v) is 13.3. The number of nitrogens with zero attached hydrogens (tertiary/aromatic N) is 1. The van der Waals surface area contributed by atoms with Crippen molar-refractivity contribution in [3.8, 4) is 0 Å². The summed E-state index contributed by atoms with van der Waals surface area (Å²) in [6.45, 7) is 0. The van der Waals surface area contributed by atoms with E-state index in [0.29, 0.717) is 10.6 Å². The molecule has 0 bridgehead atoms. The molecule has 0 saturated heterocycles. The fourth-order valence-electron chi connectivity index (χ4n) is 2.62. The SMILES string of the molecule is COC(=O)c1cc2oc(C(=O)ON3C(=O)c4ccccc4C3=O)cc2[nH]1. The highest BCUT2D eigenvalue weighted by Gasteiger charge is 2.39. The van der Waals surface area contributed by atoms with E-state index in [1.165, 1.54) is 31.4 Å². The molecule has 1 aromatic carbocycles. The van der Waals surface area contributed by atoms with Crippen LogP contribution in [0.4, 0.5) is 0 Å². The van der Waals surface area contributed by atoms with Crippen LogP contribution in [0.1, 0.15) is 41.8 Å². The molecule has 1 aliphatic rings. The normalized spacial score (nSPS) is 13.2. The number of carbonyl (C=O) groups is 4. The number of nitrogens with one attached hydrogen (secondary N) is 1. The molecule has 1 N–H and O–H groups in total. The van der Waals surface area contributed by atoms with E-state index in [0.717, 1.165) is 0 Å². The minimum Gasteiger partial charge on any atom is -0.464 e. The second-order valence-electron chi connectivity index (χ2n) is 5.39. The van der Waals surface area contributed by atoms with Gasteiger partial charge in [0.2, 0.25) is 5.76 Å². The Bertz CT molecular complexity index is 1030. The number of H-pyrrole nitrogens is 1. The first-order valence-corrected chi connectivity index (χ1v) is 7.40. The summed E-state index contributed by atoms with van der Waals surface area (Å²) >= 11 is 0. The lowest BCUT2D eigenvalue weighted by molar-refractivity contribution is -0.0602. The molecule has 3 heterocycles. The van der Waals surface area contributed by atoms with E-state index in [-0.39, 0.29) is 28.2 Å². The van der Waals surface area contributed by atoms with E-state index in [9.17, 15) is 19.2 Å². The largest absolute Gasteiger partial charge is 0.464 e. The van der Waals surface area contributed by atoms with Crippen molar-refractivity contribution in [2.75, 3.05) is 7.11 Å². The first kappa shape index (κ1) is 15.6. The van der Waals surface area contributed by atoms with Gasteiger partial charge in [-0.2, -0.15) is 0 Å². The Labute approximate surface area is 145 Å². The van der Waals surface area contributed by atoms with Crippen molar-refractivity contribution >= 4 is 34.9 Å². The van der Waals surface area contributed by atoms with Crippen LogP contribution in [-0.2, 0) is 9.57 Å². The lowest BCUT2D eigenvalue weighted by atomic mass is 10.1. The summed E-state index contributed by atoms with van der Waals surface area (Å²) in [6, 6.07) is 8.79. The molecule has 0 saturated carbocycles. The Morgan fingerprint density at radius 1 is 1.04 bits per heavy atom. The maximum Gasteiger partial charge on any atom is 0.399 e. The number of benzene rings is 1. The Balaban J connectivity index is 1.56. The van der Waals surface area contributed by atoms with Gasteiger partial charge in [-0.05, 0) is 12.1 Å². The van der Waals surface area contributed by atoms with Gasteiger partial charge in [-0.3, -0.25) is 9.59 Å². The zero-order valence-electron chi connectivity index (χ0n) is 13.3. The van der Waals surface area contributed by atoms with E-state index in [1.54, 1.807) is 12.1 Å². The van der Waals surface area contributed by atoms with Gasteiger partial charge in [0.05, 0.1) is 23.8 Å². The van der Waals surface area contributed by atoms with E-state index in [4.69, 9.17) is 9.25 Å². The van der Waals surface area contributed by atoms with Crippen molar-refractivity contribution in [1.82, 2.24) is 10.0 Å². The van der Waals surface area contributed by atoms with Crippen LogP contribution in [0.15, 0.2) is 40.8 Å². The molecule has 0 aliphatic carbocycles. The fraction of sp³-hybridized carbons (Fsp3) is 0.0588. The summed E-state index contributed by atoms with van der Waals surface area (Å²) in [7, 11) is 1.23. The number of aromatic nitrogens is 1. The molecule has 9 nitrogen and oxygen atoms in total. The molecule has 0 radical (unpaired) electrons. The molecule has 3 aromatic rings. The Morgan fingerprint density at radius 3 is 2.27 bits per heavy atom. The van der Waals surface area contributed by atoms with Crippen LogP contribution in [0.2, 0.25) is 0 Å². The molecule has 2 amide bonds. The minimum absolute atomic E-state index is 0.152. The molecule has 1 aliphatic heterocycles. The smallest absolute Gasteiger partial charge is 0.399 e. The number of amides is 2. The summed E-state index contributed by atoms with van der Waals surface area (Å²) < 4.78 is 9.87. The van der Waals surface area contributed by atoms with Crippen molar-refractivity contribution in [2.24, 2.45) is 0 Å². The molecule has 26 heavy (non-hydrogen) atoms. The number of aromatic amines is 1. The number of fused-ring (bicyclic) bond motifs is 2. The van der Waals surface area contributed by atoms with Crippen LogP contribution in [0.25, 0.3) is 11.1 Å². The first-order valence-electron chi connectivity index (χ1n) is 7.40. The summed E-state index contributed by atoms with van der Waals surface area (Å²) in [5.41, 5.74) is 1.04. The topological polar surface area (TPSA) is 119 Å². The Hall–Kier alpha value is -3.88. The summed E-state index contributed by atoms with van der Waals surface area (Å²) in [4.78, 5) is 55.7. The minimum atomic E-state index is -1.02. The van der Waals surface area contributed by atoms with E-state index >= 15 is 0 Å². The number of hydroxylamine groups is 2. The van der Waals surface area contributed by atoms with Crippen LogP contribution >= 0.6 is 0 Å². The summed E-state index contributed by atoms with van der Waals surface area (Å²) in [5, 5.41) is 0.393. The van der Waals surface area contributed by atoms with Crippen molar-refractivity contribution < 1.29 is 33.2 Å². The van der Waals surface area contributed by atoms with Gasteiger partial charge in [0.1, 0.15) is 5.69 Å². The monoisotopic (exact) mass is 354 g/mol. The number of esters is 1. The second-order valence-corrected chi connectivity index (χ2v) is 5.39. The molecular weight excluding hydrogens is 344 g/mol. The van der Waals surface area contributed by atoms with Crippen molar-refractivity contribution in [1.29, 1.82) is 0 Å². The third-order valence-electron chi connectivity index (χ3n) is 3.84. The number of hydrogen-bond acceptors (Lipinski definition) is 7. The second kappa shape index (κ2) is 5.59. The maximum atomic E-state index is 12.2. The van der Waals surface area contributed by atoms with Crippen LogP contribution in [0, 0.1) is 0 Å². The summed E-state index contributed by atoms with van der Waals surface area (Å²) in [6.07, 6.45) is 0. The number of hydrogen-bond donors (Lipinski definition) is 1. The molecule has 0 spiro atoms. The van der Waals surface area contributed by atoms with Gasteiger partial charge in [-0.1, -0.05) is 17.2 Å². The highest BCUT2D eigenvalue weighted by molar-refractivity contribution is 6.21. The van der Waals surface area contributed by atoms with Gasteiger partial charge >= 0.3 is 11.9 Å². The molecular formula is C17H10N2O7. The quantitative estimate of drug-likeness (QED) is 0.563. The molecule has 4 rings (SSSR count). The average Bonchev–Trinajstić information content (AvgIpc) is 3.29. The molecule has 9 heteroatoms. The fourth-order valence-corrected chi connectivity index (χ4v) is 2.62. The maximum absolute atomic E-state index is 12.2. The van der Waals surface area contributed by atoms with Gasteiger partial charge in [0.15, 0.2) is 5.58 Å². The number of carbonyl (C=O) groups excluding carboxylic acids is 4. The van der Waals surface area contributed by atoms with Crippen LogP contribution in [-0.4, -0.2) is 40.9 Å². The van der Waals surface area contributed by atoms with Crippen LogP contribution in [0.3, 0.4) is 0 Å². The molecule has 0 atom stereocenters. The number of furan rings is 1. The number of imide groups is 1. The number of rotatable bonds is 3. The lowest BCUT2D eigenvalue weighted by Crippen LogP contribution is -2.32. The van der Waals surface area contributed by atoms with E-state index in [1.807, 2.05) is 0 Å². The van der Waals surface area contributed by atoms with Gasteiger partial charge in [0.25, 0.3) is 11.8 Å². The third kappa shape index (κ3) is 2.25. The van der Waals surface area contributed by atoms with Gasteiger partial charge in [-0.15, -0.1) is 0 Å². The number of ether oxygens (including phenoxy) is 1. The lowest BCUT2D eigenvalue weighted by Gasteiger charge is -2.11. The van der Waals surface area contributed by atoms with E-state index in [2.05, 4.69) is 9.72 Å². The van der Waals surface area contributed by atoms with Gasteiger partial charge < -0.3 is 19.0 Å². The standard InChI is InChI=1S/C17H10N2O7/c1-24-16(22)11-7-12-10(18-11)6-13(25-12)17(23)26-19-14(20)8-4-2-3-5-9(8)15(19)21/h2-7,18H,1H3. The van der Waals surface area contributed by atoms with Crippen LogP contribution < -0.4 is 0 Å². The van der Waals surface area contributed by atoms with Crippen molar-refractivity contribution in [2.45, 2.75) is 0 Å². The van der Waals surface area contributed by atoms with Crippen molar-refractivity contribution in [3.05, 3.63) is 59.0 Å². The van der Waals surface area contributed by atoms with E-state index < -0.39 is 23.8 Å². The van der Waals surface area contributed by atoms with Crippen LogP contribution in [0.5, 0.6) is 0 Å². The molecule has 130 valence electrons. The molecule has 0 unspecified atom stereocenters. The average molecular weight is 354 g/mol. The predicted octanol–water partition coefficient (Wildman–Crippen LogP) is 1.92. The number of methoxy groups -OCH3 is 1. The highest BCUT2D eigenvalue weighted by atomic mass is 16.7. The third-order valence-corrected chi connectivity index (χ3v) is 3.84. The van der Waals surface area contributed by atoms with Crippen molar-refractivity contribution in [3.63, 3.8) is 0 Å². The van der Waals surface area contributed by atoms with Gasteiger partial charge in [-0.25, -0.2) is 9.59 Å². The Kier molecular flexibility index (Phi) is 3.36.